The Kier molecular flexibility index (Phi) is 5.60. The van der Waals surface area contributed by atoms with Crippen LogP contribution in [0.25, 0.3) is 17.1 Å². The number of nitrogens with zero attached hydrogens (tertiary/aromatic N) is 4. The summed E-state index contributed by atoms with van der Waals surface area (Å²) in [6, 6.07) is 21.2. The zero-order chi connectivity index (χ0) is 19.3. The van der Waals surface area contributed by atoms with Gasteiger partial charge in [0, 0.05) is 16.8 Å². The van der Waals surface area contributed by atoms with Crippen molar-refractivity contribution < 1.29 is 4.74 Å². The molecule has 2 aromatic carbocycles. The normalized spacial score (nSPS) is 10.8. The number of aromatic nitrogens is 4. The summed E-state index contributed by atoms with van der Waals surface area (Å²) in [4.78, 5) is 4.39. The first-order valence-corrected chi connectivity index (χ1v) is 9.97. The molecule has 0 spiro atoms. The largest absolute Gasteiger partial charge is 0.494 e. The van der Waals surface area contributed by atoms with E-state index in [0.29, 0.717) is 11.6 Å². The van der Waals surface area contributed by atoms with Crippen LogP contribution in [0.3, 0.4) is 0 Å². The Morgan fingerprint density at radius 1 is 0.964 bits per heavy atom. The molecule has 5 nitrogen and oxygen atoms in total. The first-order chi connectivity index (χ1) is 13.7. The van der Waals surface area contributed by atoms with Gasteiger partial charge in [-0.2, -0.15) is 0 Å². The summed E-state index contributed by atoms with van der Waals surface area (Å²) in [7, 11) is 0. The Labute approximate surface area is 172 Å². The fourth-order valence-corrected chi connectivity index (χ4v) is 3.65. The van der Waals surface area contributed by atoms with Crippen LogP contribution >= 0.6 is 23.4 Å². The van der Waals surface area contributed by atoms with Crippen molar-refractivity contribution >= 4 is 23.4 Å². The van der Waals surface area contributed by atoms with Gasteiger partial charge in [-0.1, -0.05) is 17.7 Å². The quantitative estimate of drug-likeness (QED) is 0.419. The van der Waals surface area contributed by atoms with Gasteiger partial charge < -0.3 is 4.74 Å². The first-order valence-electron chi connectivity index (χ1n) is 8.78. The van der Waals surface area contributed by atoms with Gasteiger partial charge in [-0.05, 0) is 79.3 Å². The topological polar surface area (TPSA) is 52.8 Å². The smallest absolute Gasteiger partial charge is 0.202 e. The van der Waals surface area contributed by atoms with Gasteiger partial charge in [0.15, 0.2) is 5.82 Å². The maximum atomic E-state index is 6.05. The van der Waals surface area contributed by atoms with Gasteiger partial charge >= 0.3 is 0 Å². The lowest BCUT2D eigenvalue weighted by Gasteiger charge is -2.11. The number of pyridine rings is 1. The lowest BCUT2D eigenvalue weighted by Crippen LogP contribution is -2.00. The van der Waals surface area contributed by atoms with E-state index in [-0.39, 0.29) is 0 Å². The molecule has 0 atom stereocenters. The van der Waals surface area contributed by atoms with Crippen LogP contribution in [-0.2, 0) is 0 Å². The Balaban J connectivity index is 1.79. The maximum Gasteiger partial charge on any atom is 0.202 e. The van der Waals surface area contributed by atoms with Gasteiger partial charge in [0.1, 0.15) is 10.8 Å². The number of hydrogen-bond donors (Lipinski definition) is 0. The Hall–Kier alpha value is -2.83. The van der Waals surface area contributed by atoms with Crippen LogP contribution in [0.15, 0.2) is 83.1 Å². The molecular formula is C21H17ClN4OS. The molecule has 0 bridgehead atoms. The molecule has 0 radical (unpaired) electrons. The van der Waals surface area contributed by atoms with E-state index in [1.165, 1.54) is 11.8 Å². The molecule has 7 heteroatoms. The monoisotopic (exact) mass is 408 g/mol. The summed E-state index contributed by atoms with van der Waals surface area (Å²) in [5.74, 6) is 1.56. The van der Waals surface area contributed by atoms with E-state index in [1.54, 1.807) is 6.20 Å². The fourth-order valence-electron chi connectivity index (χ4n) is 2.71. The molecule has 0 aliphatic carbocycles. The van der Waals surface area contributed by atoms with Crippen LogP contribution in [0.4, 0.5) is 0 Å². The summed E-state index contributed by atoms with van der Waals surface area (Å²) in [5.41, 5.74) is 1.87. The Morgan fingerprint density at radius 2 is 1.75 bits per heavy atom. The van der Waals surface area contributed by atoms with E-state index in [0.717, 1.165) is 33.0 Å². The highest BCUT2D eigenvalue weighted by Gasteiger charge is 2.17. The van der Waals surface area contributed by atoms with Gasteiger partial charge in [0.2, 0.25) is 5.16 Å². The number of halogens is 1. The molecule has 2 aromatic heterocycles. The van der Waals surface area contributed by atoms with Crippen molar-refractivity contribution in [1.82, 2.24) is 19.7 Å². The highest BCUT2D eigenvalue weighted by atomic mass is 35.5. The second-order valence-electron chi connectivity index (χ2n) is 5.85. The molecule has 2 heterocycles. The molecule has 140 valence electrons. The van der Waals surface area contributed by atoms with E-state index in [2.05, 4.69) is 15.2 Å². The average molecular weight is 409 g/mol. The molecule has 0 saturated heterocycles. The third-order valence-electron chi connectivity index (χ3n) is 3.98. The third kappa shape index (κ3) is 4.03. The second-order valence-corrected chi connectivity index (χ2v) is 7.27. The predicted molar refractivity (Wildman–Crippen MR) is 111 cm³/mol. The number of benzene rings is 2. The summed E-state index contributed by atoms with van der Waals surface area (Å²) in [5, 5.41) is 11.1. The van der Waals surface area contributed by atoms with Crippen LogP contribution in [0.2, 0.25) is 5.02 Å². The summed E-state index contributed by atoms with van der Waals surface area (Å²) < 4.78 is 7.57. The van der Waals surface area contributed by atoms with Gasteiger partial charge in [-0.3, -0.25) is 4.57 Å². The van der Waals surface area contributed by atoms with Crippen molar-refractivity contribution in [2.45, 2.75) is 17.1 Å². The molecule has 28 heavy (non-hydrogen) atoms. The van der Waals surface area contributed by atoms with Gasteiger partial charge in [0.25, 0.3) is 0 Å². The molecule has 0 amide bonds. The highest BCUT2D eigenvalue weighted by Crippen LogP contribution is 2.32. The highest BCUT2D eigenvalue weighted by molar-refractivity contribution is 7.99. The lowest BCUT2D eigenvalue weighted by molar-refractivity contribution is 0.340. The van der Waals surface area contributed by atoms with Crippen molar-refractivity contribution in [3.8, 4) is 22.8 Å². The van der Waals surface area contributed by atoms with E-state index in [9.17, 15) is 0 Å². The zero-order valence-electron chi connectivity index (χ0n) is 15.1. The van der Waals surface area contributed by atoms with Gasteiger partial charge in [-0.25, -0.2) is 4.98 Å². The molecule has 0 aliphatic heterocycles. The van der Waals surface area contributed by atoms with Crippen LogP contribution < -0.4 is 4.74 Å². The first kappa shape index (κ1) is 18.5. The maximum absolute atomic E-state index is 6.05. The van der Waals surface area contributed by atoms with Gasteiger partial charge in [-0.15, -0.1) is 10.2 Å². The SMILES string of the molecule is CCOc1ccc(-n2c(Sc3ccccn3)nnc2-c2ccc(Cl)cc2)cc1. The van der Waals surface area contributed by atoms with E-state index >= 15 is 0 Å². The molecule has 0 unspecified atom stereocenters. The van der Waals surface area contributed by atoms with Crippen molar-refractivity contribution in [3.63, 3.8) is 0 Å². The fraction of sp³-hybridized carbons (Fsp3) is 0.0952. The van der Waals surface area contributed by atoms with Crippen LogP contribution in [-0.4, -0.2) is 26.4 Å². The minimum atomic E-state index is 0.628. The standard InChI is InChI=1S/C21H17ClN4OS/c1-2-27-18-12-10-17(11-13-18)26-20(15-6-8-16(22)9-7-15)24-25-21(26)28-19-5-3-4-14-23-19/h3-14H,2H2,1H3. The van der Waals surface area contributed by atoms with Crippen LogP contribution in [0.1, 0.15) is 6.92 Å². The Bertz CT molecular complexity index is 1050. The Morgan fingerprint density at radius 3 is 2.43 bits per heavy atom. The molecular weight excluding hydrogens is 392 g/mol. The molecule has 0 saturated carbocycles. The van der Waals surface area contributed by atoms with Crippen LogP contribution in [0, 0.1) is 0 Å². The number of ether oxygens (including phenoxy) is 1. The van der Waals surface area contributed by atoms with Crippen molar-refractivity contribution in [2.24, 2.45) is 0 Å². The molecule has 4 aromatic rings. The number of hydrogen-bond acceptors (Lipinski definition) is 5. The number of rotatable bonds is 6. The zero-order valence-corrected chi connectivity index (χ0v) is 16.7. The summed E-state index contributed by atoms with van der Waals surface area (Å²) >= 11 is 7.51. The van der Waals surface area contributed by atoms with E-state index in [4.69, 9.17) is 16.3 Å². The summed E-state index contributed by atoms with van der Waals surface area (Å²) in [6.45, 7) is 2.59. The minimum Gasteiger partial charge on any atom is -0.494 e. The van der Waals surface area contributed by atoms with Crippen molar-refractivity contribution in [1.29, 1.82) is 0 Å². The van der Waals surface area contributed by atoms with Crippen LogP contribution in [0.5, 0.6) is 5.75 Å². The lowest BCUT2D eigenvalue weighted by atomic mass is 10.2. The van der Waals surface area contributed by atoms with Crippen molar-refractivity contribution in [3.05, 3.63) is 77.9 Å². The van der Waals surface area contributed by atoms with E-state index in [1.807, 2.05) is 78.2 Å². The molecule has 0 fully saturated rings. The second kappa shape index (κ2) is 8.46. The van der Waals surface area contributed by atoms with Crippen molar-refractivity contribution in [2.75, 3.05) is 6.61 Å². The van der Waals surface area contributed by atoms with Gasteiger partial charge in [0.05, 0.1) is 12.3 Å². The minimum absolute atomic E-state index is 0.628. The van der Waals surface area contributed by atoms with E-state index < -0.39 is 0 Å². The predicted octanol–water partition coefficient (Wildman–Crippen LogP) is 5.53. The molecule has 4 rings (SSSR count). The molecule has 0 aliphatic rings. The average Bonchev–Trinajstić information content (AvgIpc) is 3.14. The summed E-state index contributed by atoms with van der Waals surface area (Å²) in [6.07, 6.45) is 1.76. The molecule has 0 N–H and O–H groups in total. The third-order valence-corrected chi connectivity index (χ3v) is 5.12.